The normalized spacial score (nSPS) is 14.7. The van der Waals surface area contributed by atoms with Gasteiger partial charge in [-0.05, 0) is 180 Å². The predicted octanol–water partition coefficient (Wildman–Crippen LogP) is -7.90. The molecule has 4 aromatic rings. The van der Waals surface area contributed by atoms with Crippen LogP contribution in [0.25, 0.3) is 10.8 Å². The number of benzene rings is 4. The first-order valence-electron chi connectivity index (χ1n) is 47.4. The number of rotatable bonds is 66. The molecule has 0 saturated carbocycles. The summed E-state index contributed by atoms with van der Waals surface area (Å²) < 4.78 is 0. The van der Waals surface area contributed by atoms with Gasteiger partial charge in [-0.3, -0.25) is 94.2 Å². The molecule has 5 rings (SSSR count). The Bertz CT molecular complexity index is 5050. The van der Waals surface area contributed by atoms with E-state index in [0.717, 1.165) is 15.7 Å². The maximum absolute atomic E-state index is 15.5. The van der Waals surface area contributed by atoms with Crippen LogP contribution in [-0.4, -0.2) is 295 Å². The zero-order valence-electron chi connectivity index (χ0n) is 80.6. The number of nitrogens with zero attached hydrogens (tertiary/aromatic N) is 1. The van der Waals surface area contributed by atoms with Crippen molar-refractivity contribution in [3.8, 4) is 11.5 Å². The fraction of sp³-hybridized carbons (Fsp3) is 0.522. The van der Waals surface area contributed by atoms with Gasteiger partial charge in [0.2, 0.25) is 82.7 Å². The monoisotopic (exact) mass is 2070 g/mol. The van der Waals surface area contributed by atoms with E-state index in [1.165, 1.54) is 48.5 Å². The molecule has 0 aliphatic carbocycles. The van der Waals surface area contributed by atoms with E-state index in [0.29, 0.717) is 23.1 Å². The highest BCUT2D eigenvalue weighted by atomic mass is 32.1. The van der Waals surface area contributed by atoms with E-state index in [4.69, 9.17) is 84.4 Å². The average Bonchev–Trinajstić information content (AvgIpc) is 1.68. The molecule has 14 atom stereocenters. The van der Waals surface area contributed by atoms with E-state index in [-0.39, 0.29) is 229 Å². The van der Waals surface area contributed by atoms with Crippen LogP contribution in [0.4, 0.5) is 9.59 Å². The maximum Gasteiger partial charge on any atom is 0.312 e. The summed E-state index contributed by atoms with van der Waals surface area (Å²) in [6.07, 6.45) is -0.969. The number of nitrogens with one attached hydrogen (secondary N) is 24. The van der Waals surface area contributed by atoms with Crippen LogP contribution in [-0.2, 0) is 86.4 Å². The molecule has 55 heteroatoms. The van der Waals surface area contributed by atoms with Crippen molar-refractivity contribution in [1.82, 2.24) is 106 Å². The van der Waals surface area contributed by atoms with Crippen LogP contribution < -0.4 is 158 Å². The van der Waals surface area contributed by atoms with E-state index in [2.05, 4.69) is 126 Å². The molecule has 798 valence electrons. The number of carbonyl (C=O) groups excluding carboxylic acids is 16. The Kier molecular flexibility index (Phi) is 53.4. The van der Waals surface area contributed by atoms with Gasteiger partial charge in [-0.1, -0.05) is 66.7 Å². The number of thiol groups is 2. The predicted molar refractivity (Wildman–Crippen MR) is 546 cm³/mol. The van der Waals surface area contributed by atoms with Crippen LogP contribution in [0.3, 0.4) is 0 Å². The van der Waals surface area contributed by atoms with Gasteiger partial charge in [-0.2, -0.15) is 25.3 Å². The topological polar surface area (TPSA) is 925 Å². The van der Waals surface area contributed by atoms with Gasteiger partial charge in [0.05, 0.1) is 6.04 Å². The van der Waals surface area contributed by atoms with E-state index in [1.54, 1.807) is 24.3 Å². The molecular weight excluding hydrogens is 1920 g/mol. The molecule has 1 fully saturated rings. The molecule has 4 aromatic carbocycles. The SMILES string of the molecule is N=C(N)NCCC[C@H](NC(=O)[C@H](CS)NC(=O)[C@H](CCCNC(N)=O)NC(=O)[C@H](CCCNC(=N)N)NC(=O)[C@H](Cc1ccc(O)cc1)NC(=O)[C@@H]1CCCN1C(=O)[C@H](CCCNC(N)=O)NC(=O)[C@H](CCCCN)NC(=O)[C@H](CCCNC(=N)N)NC(=O)[C@H](Cc1ccc(O)cc1)NC(=O)[C@H](CS)NC(=O)[C@H](Cc1ccc2ccccc2c1)NC(=O)[C@H](CCCNC(=N)N)NC(=O)[C@@H](N)CCCNC(=N)N)C(N)=O. The zero-order chi connectivity index (χ0) is 107. The van der Waals surface area contributed by atoms with Gasteiger partial charge < -0.3 is 173 Å². The summed E-state index contributed by atoms with van der Waals surface area (Å²) in [5, 5.41) is 110. The second-order valence-corrected chi connectivity index (χ2v) is 35.2. The quantitative estimate of drug-likeness (QED) is 0.00845. The molecule has 18 amide bonds. The Morgan fingerprint density at radius 1 is 0.331 bits per heavy atom. The highest BCUT2D eigenvalue weighted by molar-refractivity contribution is 7.80. The molecule has 46 N–H and O–H groups in total. The minimum absolute atomic E-state index is 0.00251. The minimum Gasteiger partial charge on any atom is -0.508 e. The number of phenols is 2. The summed E-state index contributed by atoms with van der Waals surface area (Å²) in [5.41, 5.74) is 57.4. The standard InChI is InChI=1S/C90H143N35O18S2/c91-34-4-3-16-58(115-72(130)60(19-8-38-109-87(100)101)117-77(135)64(44-49-25-30-54(126)31-26-49)121-81(139)68(48-145)124-79(137)66(46-51-24-29-52-13-1-2-14-53(52)43-51)120-75(133)59(18-7-37-108-86(98)99)114-71(129)56(92)15-5-35-106-84(94)95)74(132)119-63(22-11-41-112-90(105)143)83(141)125-42-12-23-69(125)82(140)122-65(45-50-27-32-55(127)33-28-50)78(136)118-61(20-9-39-110-88(102)103)73(131)116-62(21-10-40-111-89(104)142)76(134)123-67(47-144)80(138)113-57(70(93)128)17-6-36-107-85(96)97/h1-2,13-14,24-33,43,56-69,126-127,144-145H,3-12,15-23,34-42,44-48,91-92H2,(H2,93,128)(H,113,138)(H,114,129)(H,115,130)(H,116,131)(H,117,135)(H,118,136)(H,119,132)(H,120,133)(H,121,139)(H,122,140)(H,123,134)(H,124,137)(H4,94,95,106)(H4,96,97,107)(H4,98,99,108)(H4,100,101,109)(H4,102,103,110)(H3,104,111,142)(H3,105,112,143)/t56-,57-,58-,59-,60-,61-,62-,63-,64-,65-,66-,67-,68-,69-/m0/s1. The number of primary amides is 3. The minimum atomic E-state index is -1.66. The number of phenolic OH excluding ortho intramolecular Hbond substituents is 2. The number of carbonyl (C=O) groups is 16. The van der Waals surface area contributed by atoms with Gasteiger partial charge in [-0.25, -0.2) is 9.59 Å². The highest BCUT2D eigenvalue weighted by Gasteiger charge is 2.42. The van der Waals surface area contributed by atoms with Crippen LogP contribution in [0.5, 0.6) is 11.5 Å². The highest BCUT2D eigenvalue weighted by Crippen LogP contribution is 2.24. The maximum atomic E-state index is 15.5. The van der Waals surface area contributed by atoms with Crippen LogP contribution in [0.15, 0.2) is 91.0 Å². The summed E-state index contributed by atoms with van der Waals surface area (Å²) in [4.78, 5) is 230. The lowest BCUT2D eigenvalue weighted by atomic mass is 10.00. The Labute approximate surface area is 849 Å². The molecule has 0 spiro atoms. The number of hydrogen-bond donors (Lipinski definition) is 38. The average molecular weight is 2070 g/mol. The lowest BCUT2D eigenvalue weighted by Crippen LogP contribution is -2.61. The Morgan fingerprint density at radius 2 is 0.621 bits per heavy atom. The summed E-state index contributed by atoms with van der Waals surface area (Å²) in [7, 11) is 0. The molecule has 1 aliphatic heterocycles. The van der Waals surface area contributed by atoms with E-state index >= 15 is 28.8 Å². The molecule has 1 heterocycles. The number of likely N-dealkylation sites (tertiary alicyclic amines) is 1. The molecule has 0 aromatic heterocycles. The first-order valence-corrected chi connectivity index (χ1v) is 48.7. The fourth-order valence-electron chi connectivity index (χ4n) is 15.3. The number of amides is 18. The summed E-state index contributed by atoms with van der Waals surface area (Å²) >= 11 is 8.71. The summed E-state index contributed by atoms with van der Waals surface area (Å²) in [6, 6.07) is 0.750. The Balaban J connectivity index is 1.49. The van der Waals surface area contributed by atoms with Crippen molar-refractivity contribution in [2.75, 3.05) is 70.4 Å². The van der Waals surface area contributed by atoms with Gasteiger partial charge in [0.1, 0.15) is 90.0 Å². The number of urea groups is 2. The second kappa shape index (κ2) is 64.4. The fourth-order valence-corrected chi connectivity index (χ4v) is 15.8. The van der Waals surface area contributed by atoms with Gasteiger partial charge in [-0.15, -0.1) is 0 Å². The van der Waals surface area contributed by atoms with Crippen LogP contribution >= 0.6 is 25.3 Å². The molecule has 0 bridgehead atoms. The van der Waals surface area contributed by atoms with Gasteiger partial charge in [0.15, 0.2) is 29.8 Å². The summed E-state index contributed by atoms with van der Waals surface area (Å²) in [6.45, 7) is 0.0402. The lowest BCUT2D eigenvalue weighted by molar-refractivity contribution is -0.142. The second-order valence-electron chi connectivity index (χ2n) is 34.5. The van der Waals surface area contributed by atoms with Crippen molar-refractivity contribution in [2.45, 2.75) is 226 Å². The first-order chi connectivity index (χ1) is 69.0. The van der Waals surface area contributed by atoms with Crippen molar-refractivity contribution < 1.29 is 86.9 Å². The van der Waals surface area contributed by atoms with Gasteiger partial charge in [0.25, 0.3) is 0 Å². The molecule has 0 radical (unpaired) electrons. The molecule has 53 nitrogen and oxygen atoms in total. The summed E-state index contributed by atoms with van der Waals surface area (Å²) in [5.74, 6) is -16.3. The van der Waals surface area contributed by atoms with Gasteiger partial charge >= 0.3 is 12.1 Å². The van der Waals surface area contributed by atoms with Crippen LogP contribution in [0.1, 0.15) is 139 Å². The number of hydrogen-bond acceptors (Lipinski definition) is 27. The van der Waals surface area contributed by atoms with Crippen molar-refractivity contribution in [1.29, 1.82) is 27.0 Å². The number of fused-ring (bicyclic) bond motifs is 1. The van der Waals surface area contributed by atoms with Crippen LogP contribution in [0, 0.1) is 27.0 Å². The molecule has 145 heavy (non-hydrogen) atoms. The Morgan fingerprint density at radius 3 is 0.986 bits per heavy atom. The van der Waals surface area contributed by atoms with Crippen LogP contribution in [0.2, 0.25) is 0 Å². The van der Waals surface area contributed by atoms with E-state index in [1.807, 2.05) is 18.2 Å². The number of nitrogens with two attached hydrogens (primary N) is 10. The third-order valence-corrected chi connectivity index (χ3v) is 23.7. The van der Waals surface area contributed by atoms with Crippen molar-refractivity contribution in [3.63, 3.8) is 0 Å². The molecule has 1 saturated heterocycles. The number of guanidine groups is 5. The lowest BCUT2D eigenvalue weighted by Gasteiger charge is -2.31. The Hall–Kier alpha value is -15.2. The molecular formula is C90H143N35O18S2. The molecule has 1 aliphatic rings. The van der Waals surface area contributed by atoms with E-state index in [9.17, 15) is 58.2 Å². The third-order valence-electron chi connectivity index (χ3n) is 23.0. The number of aromatic hydroxyl groups is 2. The van der Waals surface area contributed by atoms with E-state index < -0.39 is 197 Å². The smallest absolute Gasteiger partial charge is 0.312 e. The van der Waals surface area contributed by atoms with Crippen molar-refractivity contribution in [3.05, 3.63) is 108 Å². The van der Waals surface area contributed by atoms with Gasteiger partial charge in [0, 0.05) is 83.1 Å². The largest absolute Gasteiger partial charge is 0.508 e. The molecule has 0 unspecified atom stereocenters. The van der Waals surface area contributed by atoms with Crippen molar-refractivity contribution in [2.24, 2.45) is 57.3 Å². The van der Waals surface area contributed by atoms with Crippen molar-refractivity contribution >= 4 is 161 Å². The number of unbranched alkanes of at least 4 members (excludes halogenated alkanes) is 1. The third kappa shape index (κ3) is 45.8. The first kappa shape index (κ1) is 120. The zero-order valence-corrected chi connectivity index (χ0v) is 82.4.